The minimum absolute atomic E-state index is 0.0383. The molecular formula is C15H21N3O5S. The van der Waals surface area contributed by atoms with Crippen molar-refractivity contribution in [1.82, 2.24) is 4.90 Å². The Kier molecular flexibility index (Phi) is 5.12. The lowest BCUT2D eigenvalue weighted by molar-refractivity contribution is -0.384. The number of ether oxygens (including phenoxy) is 1. The van der Waals surface area contributed by atoms with E-state index < -0.39 is 26.3 Å². The summed E-state index contributed by atoms with van der Waals surface area (Å²) in [5.74, 6) is 0.506. The van der Waals surface area contributed by atoms with E-state index in [0.29, 0.717) is 18.8 Å². The molecule has 1 fully saturated rings. The molecule has 1 saturated heterocycles. The second-order valence-corrected chi connectivity index (χ2v) is 9.06. The van der Waals surface area contributed by atoms with Crippen LogP contribution in [0.5, 0.6) is 0 Å². The highest BCUT2D eigenvalue weighted by atomic mass is 32.2. The van der Waals surface area contributed by atoms with Crippen molar-refractivity contribution in [2.24, 2.45) is 4.36 Å². The van der Waals surface area contributed by atoms with Crippen molar-refractivity contribution in [1.29, 1.82) is 0 Å². The van der Waals surface area contributed by atoms with Gasteiger partial charge in [-0.25, -0.2) is 9.00 Å². The summed E-state index contributed by atoms with van der Waals surface area (Å²) in [7, 11) is -2.48. The molecule has 2 rings (SSSR count). The molecule has 0 bridgehead atoms. The van der Waals surface area contributed by atoms with Crippen LogP contribution < -0.4 is 0 Å². The fraction of sp³-hybridized carbons (Fsp3) is 0.533. The van der Waals surface area contributed by atoms with Crippen LogP contribution in [0.4, 0.5) is 16.2 Å². The Labute approximate surface area is 141 Å². The van der Waals surface area contributed by atoms with E-state index in [1.807, 2.05) is 0 Å². The highest BCUT2D eigenvalue weighted by Crippen LogP contribution is 2.21. The first-order chi connectivity index (χ1) is 11.1. The number of hydrogen-bond donors (Lipinski definition) is 0. The molecule has 0 aromatic heterocycles. The van der Waals surface area contributed by atoms with E-state index in [9.17, 15) is 19.1 Å². The first kappa shape index (κ1) is 18.2. The highest BCUT2D eigenvalue weighted by molar-refractivity contribution is 7.93. The molecular weight excluding hydrogens is 334 g/mol. The van der Waals surface area contributed by atoms with Crippen LogP contribution in [0.25, 0.3) is 0 Å². The minimum atomic E-state index is -2.48. The number of carbonyl (C=O) groups is 1. The smallest absolute Gasteiger partial charge is 0.410 e. The Morgan fingerprint density at radius 1 is 1.25 bits per heavy atom. The maximum Gasteiger partial charge on any atom is 0.410 e. The lowest BCUT2D eigenvalue weighted by Gasteiger charge is -2.31. The summed E-state index contributed by atoms with van der Waals surface area (Å²) in [4.78, 5) is 23.7. The van der Waals surface area contributed by atoms with Crippen molar-refractivity contribution in [2.75, 3.05) is 24.6 Å². The molecule has 0 radical (unpaired) electrons. The third-order valence-electron chi connectivity index (χ3n) is 3.34. The summed E-state index contributed by atoms with van der Waals surface area (Å²) in [6.45, 7) is 6.00. The van der Waals surface area contributed by atoms with Gasteiger partial charge in [0.25, 0.3) is 5.69 Å². The van der Waals surface area contributed by atoms with Gasteiger partial charge in [0, 0.05) is 36.7 Å². The molecule has 0 spiro atoms. The van der Waals surface area contributed by atoms with E-state index in [1.54, 1.807) is 20.8 Å². The van der Waals surface area contributed by atoms with Crippen LogP contribution in [0.3, 0.4) is 0 Å². The van der Waals surface area contributed by atoms with Gasteiger partial charge in [0.15, 0.2) is 0 Å². The van der Waals surface area contributed by atoms with E-state index in [1.165, 1.54) is 29.2 Å². The van der Waals surface area contributed by atoms with Crippen LogP contribution >= 0.6 is 0 Å². The third kappa shape index (κ3) is 4.92. The molecule has 24 heavy (non-hydrogen) atoms. The molecule has 1 aromatic rings. The number of benzene rings is 1. The van der Waals surface area contributed by atoms with Gasteiger partial charge in [-0.05, 0) is 32.9 Å². The average molecular weight is 355 g/mol. The zero-order valence-corrected chi connectivity index (χ0v) is 14.7. The van der Waals surface area contributed by atoms with Gasteiger partial charge in [0.2, 0.25) is 0 Å². The molecule has 1 aliphatic rings. The number of hydrogen-bond acceptors (Lipinski definition) is 6. The molecule has 1 aromatic carbocycles. The summed E-state index contributed by atoms with van der Waals surface area (Å²) >= 11 is 0. The van der Waals surface area contributed by atoms with E-state index in [4.69, 9.17) is 4.74 Å². The maximum atomic E-state index is 12.8. The number of rotatable bonds is 2. The van der Waals surface area contributed by atoms with Gasteiger partial charge in [0.1, 0.15) is 5.60 Å². The van der Waals surface area contributed by atoms with Crippen molar-refractivity contribution in [3.05, 3.63) is 34.4 Å². The zero-order valence-electron chi connectivity index (χ0n) is 13.9. The lowest BCUT2D eigenvalue weighted by atomic mass is 10.2. The van der Waals surface area contributed by atoms with Crippen molar-refractivity contribution >= 4 is 27.2 Å². The molecule has 0 saturated carbocycles. The normalized spacial score (nSPS) is 17.2. The van der Waals surface area contributed by atoms with Gasteiger partial charge in [-0.1, -0.05) is 0 Å². The van der Waals surface area contributed by atoms with Gasteiger partial charge in [-0.15, -0.1) is 0 Å². The van der Waals surface area contributed by atoms with Crippen LogP contribution in [0, 0.1) is 10.1 Å². The molecule has 0 N–H and O–H groups in total. The SMILES string of the molecule is CC(C)(C)OC(=O)N1CCS(=O)(=Nc2ccc([N+](=O)[O-])cc2)CC1. The Morgan fingerprint density at radius 3 is 2.25 bits per heavy atom. The average Bonchev–Trinajstić information content (AvgIpc) is 2.46. The van der Waals surface area contributed by atoms with Crippen LogP contribution in [0.2, 0.25) is 0 Å². The third-order valence-corrected chi connectivity index (χ3v) is 5.53. The number of nitro benzene ring substituents is 1. The molecule has 1 amide bonds. The number of nitro groups is 1. The molecule has 9 heteroatoms. The molecule has 1 aliphatic heterocycles. The van der Waals surface area contributed by atoms with Gasteiger partial charge in [-0.3, -0.25) is 10.1 Å². The summed E-state index contributed by atoms with van der Waals surface area (Å²) in [6, 6.07) is 5.62. The number of carbonyl (C=O) groups excluding carboxylic acids is 1. The van der Waals surface area contributed by atoms with Gasteiger partial charge in [-0.2, -0.15) is 4.36 Å². The number of non-ortho nitro benzene ring substituents is 1. The van der Waals surface area contributed by atoms with Gasteiger partial charge >= 0.3 is 6.09 Å². The lowest BCUT2D eigenvalue weighted by Crippen LogP contribution is -2.45. The van der Waals surface area contributed by atoms with Gasteiger partial charge in [0.05, 0.1) is 20.3 Å². The Bertz CT molecular complexity index is 731. The quantitative estimate of drug-likeness (QED) is 0.599. The molecule has 0 aliphatic carbocycles. The van der Waals surface area contributed by atoms with E-state index in [-0.39, 0.29) is 17.2 Å². The number of amides is 1. The topological polar surface area (TPSA) is 102 Å². The Morgan fingerprint density at radius 2 is 1.79 bits per heavy atom. The Balaban J connectivity index is 2.05. The predicted molar refractivity (Wildman–Crippen MR) is 90.9 cm³/mol. The van der Waals surface area contributed by atoms with E-state index in [0.717, 1.165) is 0 Å². The first-order valence-corrected chi connectivity index (χ1v) is 9.38. The standard InChI is InChI=1S/C15H21N3O5S/c1-15(2,3)23-14(19)17-8-10-24(22,11-9-17)16-12-4-6-13(7-5-12)18(20)21/h4-7H,8-11H2,1-3H3. The van der Waals surface area contributed by atoms with Crippen LogP contribution in [-0.4, -0.2) is 50.3 Å². The fourth-order valence-electron chi connectivity index (χ4n) is 2.15. The van der Waals surface area contributed by atoms with E-state index >= 15 is 0 Å². The molecule has 132 valence electrons. The van der Waals surface area contributed by atoms with Crippen molar-refractivity contribution in [2.45, 2.75) is 26.4 Å². The molecule has 0 atom stereocenters. The van der Waals surface area contributed by atoms with E-state index in [2.05, 4.69) is 4.36 Å². The van der Waals surface area contributed by atoms with Crippen molar-refractivity contribution < 1.29 is 18.7 Å². The first-order valence-electron chi connectivity index (χ1n) is 7.53. The highest BCUT2D eigenvalue weighted by Gasteiger charge is 2.27. The predicted octanol–water partition coefficient (Wildman–Crippen LogP) is 2.95. The van der Waals surface area contributed by atoms with Crippen LogP contribution in [0.15, 0.2) is 28.6 Å². The second-order valence-electron chi connectivity index (χ2n) is 6.51. The monoisotopic (exact) mass is 355 g/mol. The second kappa shape index (κ2) is 6.76. The molecule has 1 heterocycles. The Hall–Kier alpha value is -2.16. The minimum Gasteiger partial charge on any atom is -0.444 e. The van der Waals surface area contributed by atoms with Crippen LogP contribution in [0.1, 0.15) is 20.8 Å². The molecule has 8 nitrogen and oxygen atoms in total. The van der Waals surface area contributed by atoms with Crippen LogP contribution in [-0.2, 0) is 14.5 Å². The summed E-state index contributed by atoms with van der Waals surface area (Å²) in [6.07, 6.45) is -0.417. The summed E-state index contributed by atoms with van der Waals surface area (Å²) in [5.41, 5.74) is -0.168. The maximum absolute atomic E-state index is 12.8. The van der Waals surface area contributed by atoms with Crippen molar-refractivity contribution in [3.8, 4) is 0 Å². The fourth-order valence-corrected chi connectivity index (χ4v) is 4.05. The summed E-state index contributed by atoms with van der Waals surface area (Å²) < 4.78 is 22.3. The zero-order chi connectivity index (χ0) is 18.0. The van der Waals surface area contributed by atoms with Crippen molar-refractivity contribution in [3.63, 3.8) is 0 Å². The van der Waals surface area contributed by atoms with Gasteiger partial charge < -0.3 is 9.64 Å². The molecule has 0 unspecified atom stereocenters. The largest absolute Gasteiger partial charge is 0.444 e. The number of nitrogens with zero attached hydrogens (tertiary/aromatic N) is 3. The summed E-state index contributed by atoms with van der Waals surface area (Å²) in [5, 5.41) is 10.6.